The highest BCUT2D eigenvalue weighted by Gasteiger charge is 2.26. The molecule has 8 nitrogen and oxygen atoms in total. The first-order valence-corrected chi connectivity index (χ1v) is 12.0. The molecule has 0 aromatic heterocycles. The maximum absolute atomic E-state index is 13.4. The fraction of sp³-hybridized carbons (Fsp3) is 0.444. The summed E-state index contributed by atoms with van der Waals surface area (Å²) in [7, 11) is 1.85. The summed E-state index contributed by atoms with van der Waals surface area (Å²) in [5, 5.41) is 2.92. The summed E-state index contributed by atoms with van der Waals surface area (Å²) in [4.78, 5) is 40.7. The number of ketones is 1. The number of carbonyl (C=O) groups is 3. The molecule has 188 valence electrons. The van der Waals surface area contributed by atoms with Crippen molar-refractivity contribution >= 4 is 23.3 Å². The number of Topliss-reactive ketones (excluding diaryl/α,β-unsaturated/α-hetero) is 1. The Kier molecular flexibility index (Phi) is 9.01. The number of hydrogen-bond acceptors (Lipinski definition) is 5. The van der Waals surface area contributed by atoms with E-state index in [0.717, 1.165) is 48.4 Å². The van der Waals surface area contributed by atoms with Gasteiger partial charge in [-0.05, 0) is 74.2 Å². The molecular weight excluding hydrogens is 446 g/mol. The highest BCUT2D eigenvalue weighted by atomic mass is 16.5. The van der Waals surface area contributed by atoms with Crippen LogP contribution in [0.4, 0.5) is 5.69 Å². The zero-order chi connectivity index (χ0) is 24.1. The van der Waals surface area contributed by atoms with Gasteiger partial charge in [0.25, 0.3) is 0 Å². The van der Waals surface area contributed by atoms with Gasteiger partial charge in [-0.3, -0.25) is 14.4 Å². The second-order valence-corrected chi connectivity index (χ2v) is 9.31. The van der Waals surface area contributed by atoms with E-state index in [2.05, 4.69) is 10.2 Å². The summed E-state index contributed by atoms with van der Waals surface area (Å²) >= 11 is 0. The van der Waals surface area contributed by atoms with Crippen LogP contribution in [0.2, 0.25) is 0 Å². The summed E-state index contributed by atoms with van der Waals surface area (Å²) in [6, 6.07) is 13.5. The van der Waals surface area contributed by atoms with Gasteiger partial charge in [-0.2, -0.15) is 0 Å². The van der Waals surface area contributed by atoms with Crippen LogP contribution < -0.4 is 10.1 Å². The van der Waals surface area contributed by atoms with Crippen LogP contribution in [0.15, 0.2) is 42.5 Å². The van der Waals surface area contributed by atoms with Crippen molar-refractivity contribution in [2.75, 3.05) is 38.6 Å². The molecular formula is C27H35N3O5. The Morgan fingerprint density at radius 2 is 1.89 bits per heavy atom. The van der Waals surface area contributed by atoms with Crippen molar-refractivity contribution in [1.29, 1.82) is 0 Å². The van der Waals surface area contributed by atoms with Crippen molar-refractivity contribution in [1.82, 2.24) is 9.80 Å². The van der Waals surface area contributed by atoms with E-state index in [1.165, 1.54) is 19.8 Å². The molecule has 2 aromatic rings. The molecule has 2 aliphatic rings. The number of nitrogens with one attached hydrogen (secondary N) is 1. The molecule has 2 aliphatic heterocycles. The minimum absolute atomic E-state index is 0. The highest BCUT2D eigenvalue weighted by molar-refractivity contribution is 5.94. The van der Waals surface area contributed by atoms with Crippen LogP contribution in [0, 0.1) is 0 Å². The molecule has 35 heavy (non-hydrogen) atoms. The van der Waals surface area contributed by atoms with Crippen LogP contribution in [-0.2, 0) is 27.2 Å². The smallest absolute Gasteiger partial charge is 0.227 e. The number of amides is 2. The van der Waals surface area contributed by atoms with Crippen LogP contribution in [0.1, 0.15) is 48.9 Å². The number of anilines is 1. The molecule has 2 amide bonds. The SMILES string of the molecule is CC(=O)COc1cccc(C(CN2CCCC2)N(C)C(=O)Cc2ccc3c(c2)NC(=O)CC3)c1.O. The zero-order valence-electron chi connectivity index (χ0n) is 20.5. The lowest BCUT2D eigenvalue weighted by Gasteiger charge is -2.32. The first kappa shape index (κ1) is 26.4. The number of aryl methyl sites for hydroxylation is 1. The lowest BCUT2D eigenvalue weighted by atomic mass is 9.99. The maximum Gasteiger partial charge on any atom is 0.227 e. The molecule has 0 bridgehead atoms. The Labute approximate surface area is 206 Å². The van der Waals surface area contributed by atoms with E-state index < -0.39 is 0 Å². The summed E-state index contributed by atoms with van der Waals surface area (Å²) in [6.07, 6.45) is 3.84. The Hall–Kier alpha value is -3.23. The monoisotopic (exact) mass is 481 g/mol. The van der Waals surface area contributed by atoms with E-state index in [1.807, 2.05) is 54.4 Å². The van der Waals surface area contributed by atoms with E-state index in [9.17, 15) is 14.4 Å². The minimum atomic E-state index is -0.135. The van der Waals surface area contributed by atoms with Gasteiger partial charge in [-0.25, -0.2) is 0 Å². The molecule has 0 aliphatic carbocycles. The molecule has 0 radical (unpaired) electrons. The lowest BCUT2D eigenvalue weighted by Crippen LogP contribution is -2.39. The first-order valence-electron chi connectivity index (χ1n) is 12.0. The van der Waals surface area contributed by atoms with Crippen molar-refractivity contribution in [2.45, 2.75) is 45.1 Å². The van der Waals surface area contributed by atoms with Gasteiger partial charge in [0, 0.05) is 25.7 Å². The number of likely N-dealkylation sites (tertiary alicyclic amines) is 1. The quantitative estimate of drug-likeness (QED) is 0.592. The molecule has 0 spiro atoms. The predicted molar refractivity (Wildman–Crippen MR) is 135 cm³/mol. The van der Waals surface area contributed by atoms with Crippen LogP contribution in [-0.4, -0.2) is 66.2 Å². The van der Waals surface area contributed by atoms with Gasteiger partial charge in [0.05, 0.1) is 12.5 Å². The molecule has 3 N–H and O–H groups in total. The second-order valence-electron chi connectivity index (χ2n) is 9.31. The van der Waals surface area contributed by atoms with Gasteiger partial charge >= 0.3 is 0 Å². The van der Waals surface area contributed by atoms with Crippen molar-refractivity contribution in [2.24, 2.45) is 0 Å². The number of rotatable bonds is 9. The van der Waals surface area contributed by atoms with E-state index in [1.54, 1.807) is 0 Å². The molecule has 2 aromatic carbocycles. The lowest BCUT2D eigenvalue weighted by molar-refractivity contribution is -0.131. The second kappa shape index (κ2) is 12.0. The molecule has 8 heteroatoms. The Bertz CT molecular complexity index is 1060. The summed E-state index contributed by atoms with van der Waals surface area (Å²) in [6.45, 7) is 4.34. The average Bonchev–Trinajstić information content (AvgIpc) is 3.34. The van der Waals surface area contributed by atoms with E-state index >= 15 is 0 Å². The minimum Gasteiger partial charge on any atom is -0.486 e. The van der Waals surface area contributed by atoms with E-state index in [0.29, 0.717) is 12.2 Å². The van der Waals surface area contributed by atoms with Gasteiger partial charge in [0.15, 0.2) is 5.78 Å². The van der Waals surface area contributed by atoms with Crippen molar-refractivity contribution in [3.05, 3.63) is 59.2 Å². The zero-order valence-corrected chi connectivity index (χ0v) is 20.5. The van der Waals surface area contributed by atoms with Crippen molar-refractivity contribution < 1.29 is 24.6 Å². The first-order chi connectivity index (χ1) is 16.4. The number of hydrogen-bond donors (Lipinski definition) is 1. The Balaban J connectivity index is 0.00000342. The topological polar surface area (TPSA) is 110 Å². The third-order valence-electron chi connectivity index (χ3n) is 6.60. The Morgan fingerprint density at radius 3 is 2.63 bits per heavy atom. The molecule has 4 rings (SSSR count). The Morgan fingerprint density at radius 1 is 1.11 bits per heavy atom. The summed E-state index contributed by atoms with van der Waals surface area (Å²) in [5.74, 6) is 0.630. The molecule has 1 unspecified atom stereocenters. The maximum atomic E-state index is 13.4. The third kappa shape index (κ3) is 6.90. The predicted octanol–water partition coefficient (Wildman–Crippen LogP) is 2.55. The fourth-order valence-electron chi connectivity index (χ4n) is 4.66. The number of nitrogens with zero attached hydrogens (tertiary/aromatic N) is 2. The van der Waals surface area contributed by atoms with Crippen LogP contribution >= 0.6 is 0 Å². The van der Waals surface area contributed by atoms with Crippen LogP contribution in [0.25, 0.3) is 0 Å². The van der Waals surface area contributed by atoms with Crippen molar-refractivity contribution in [3.63, 3.8) is 0 Å². The van der Waals surface area contributed by atoms with Gasteiger partial charge in [-0.15, -0.1) is 0 Å². The number of likely N-dealkylation sites (N-methyl/N-ethyl adjacent to an activating group) is 1. The number of carbonyl (C=O) groups excluding carboxylic acids is 3. The summed E-state index contributed by atoms with van der Waals surface area (Å²) in [5.41, 5.74) is 3.80. The number of benzene rings is 2. The number of fused-ring (bicyclic) bond motifs is 1. The van der Waals surface area contributed by atoms with Gasteiger partial charge in [-0.1, -0.05) is 24.3 Å². The summed E-state index contributed by atoms with van der Waals surface area (Å²) < 4.78 is 5.62. The molecule has 1 atom stereocenters. The highest BCUT2D eigenvalue weighted by Crippen LogP contribution is 2.28. The largest absolute Gasteiger partial charge is 0.486 e. The van der Waals surface area contributed by atoms with E-state index in [4.69, 9.17) is 4.74 Å². The van der Waals surface area contributed by atoms with Gasteiger partial charge in [0.2, 0.25) is 11.8 Å². The normalized spacial score (nSPS) is 16.0. The van der Waals surface area contributed by atoms with E-state index in [-0.39, 0.29) is 42.1 Å². The third-order valence-corrected chi connectivity index (χ3v) is 6.60. The molecule has 2 heterocycles. The van der Waals surface area contributed by atoms with Gasteiger partial charge < -0.3 is 25.3 Å². The molecule has 0 saturated carbocycles. The molecule has 1 saturated heterocycles. The fourth-order valence-corrected chi connectivity index (χ4v) is 4.66. The van der Waals surface area contributed by atoms with Crippen LogP contribution in [0.3, 0.4) is 0 Å². The standard InChI is InChI=1S/C27H33N3O4.H2O/c1-19(31)18-34-23-7-5-6-22(16-23)25(17-30-12-3-4-13-30)29(2)27(33)15-20-8-9-21-10-11-26(32)28-24(21)14-20;/h5-9,14,16,25H,3-4,10-13,15,17-18H2,1-2H3,(H,28,32);1H2. The number of ether oxygens (including phenoxy) is 1. The van der Waals surface area contributed by atoms with Crippen molar-refractivity contribution in [3.8, 4) is 5.75 Å². The molecule has 1 fully saturated rings. The average molecular weight is 482 g/mol. The van der Waals surface area contributed by atoms with Gasteiger partial charge in [0.1, 0.15) is 12.4 Å². The van der Waals surface area contributed by atoms with Crippen LogP contribution in [0.5, 0.6) is 5.75 Å².